The van der Waals surface area contributed by atoms with Gasteiger partial charge in [-0.05, 0) is 122 Å². The van der Waals surface area contributed by atoms with Crippen molar-refractivity contribution in [2.45, 2.75) is 116 Å². The monoisotopic (exact) mass is 1040 g/mol. The molecule has 3 amide bonds. The Labute approximate surface area is 446 Å². The standard InChI is InChI=1S/C58H74BClN6O9/c1-34-27-48(68)53(66(6)56(71)41(9-7-8-22-61)31-47(67)39-13-11-37(12-14-39)38-15-18-43(60)19-16-38)40-17-21-50(73-26-24-63)45(30-40)44-28-36(10-20-49(44)72-25-23-62)29-46(65-54(34)69)55(70)64-35(2)59-74-52-33-42-32-51(57(42,3)4)58(52,5)75-59/h10-21,28,30,34-35,41-42,46,51-53H,7-9,22-27,29,31-33,61-63H2,1-6H3,(H,64,70)(H,65,69)/t34-,35+,41-,42+,46+,51+,52-,53+,58+/m1/s1. The highest BCUT2D eigenvalue weighted by molar-refractivity contribution is 6.47. The fourth-order valence-corrected chi connectivity index (χ4v) is 12.1. The Morgan fingerprint density at radius 1 is 0.853 bits per heavy atom. The maximum absolute atomic E-state index is 15.1. The fraction of sp³-hybridized carbons (Fsp3) is 0.500. The lowest BCUT2D eigenvalue weighted by Crippen LogP contribution is -2.65. The molecule has 6 bridgehead atoms. The summed E-state index contributed by atoms with van der Waals surface area (Å²) in [5, 5.41) is 6.71. The second-order valence-corrected chi connectivity index (χ2v) is 22.3. The molecule has 0 aromatic heterocycles. The first-order valence-electron chi connectivity index (χ1n) is 26.6. The number of nitrogens with two attached hydrogens (primary N) is 3. The minimum absolute atomic E-state index is 0.0785. The number of halogens is 1. The Kier molecular flexibility index (Phi) is 17.6. The molecule has 17 heteroatoms. The van der Waals surface area contributed by atoms with Crippen LogP contribution >= 0.6 is 11.6 Å². The van der Waals surface area contributed by atoms with Crippen LogP contribution in [0.1, 0.15) is 107 Å². The zero-order chi connectivity index (χ0) is 53.8. The molecule has 4 aromatic carbocycles. The molecule has 4 fully saturated rings. The molecule has 15 nitrogen and oxygen atoms in total. The Bertz CT molecular complexity index is 2730. The van der Waals surface area contributed by atoms with Crippen LogP contribution in [0, 0.1) is 29.1 Å². The van der Waals surface area contributed by atoms with E-state index in [2.05, 4.69) is 31.4 Å². The van der Waals surface area contributed by atoms with Crippen molar-refractivity contribution in [1.29, 1.82) is 0 Å². The average molecular weight is 1050 g/mol. The number of nitrogens with zero attached hydrogens (tertiary/aromatic N) is 1. The molecule has 3 saturated carbocycles. The van der Waals surface area contributed by atoms with E-state index < -0.39 is 66.1 Å². The first-order chi connectivity index (χ1) is 35.9. The van der Waals surface area contributed by atoms with Crippen LogP contribution < -0.4 is 37.3 Å². The van der Waals surface area contributed by atoms with Gasteiger partial charge in [-0.1, -0.05) is 87.3 Å². The van der Waals surface area contributed by atoms with Gasteiger partial charge in [0.05, 0.1) is 17.6 Å². The molecule has 1 saturated heterocycles. The topological polar surface area (TPSA) is 228 Å². The summed E-state index contributed by atoms with van der Waals surface area (Å²) in [5.74, 6) is -2.55. The van der Waals surface area contributed by atoms with Crippen LogP contribution in [-0.2, 0) is 34.9 Å². The molecule has 2 aliphatic heterocycles. The van der Waals surface area contributed by atoms with Crippen molar-refractivity contribution < 1.29 is 42.8 Å². The van der Waals surface area contributed by atoms with E-state index in [-0.39, 0.29) is 62.9 Å². The van der Waals surface area contributed by atoms with E-state index in [1.54, 1.807) is 62.5 Å². The summed E-state index contributed by atoms with van der Waals surface area (Å²) in [7, 11) is 0.866. The first-order valence-corrected chi connectivity index (χ1v) is 27.0. The third-order valence-electron chi connectivity index (χ3n) is 16.4. The highest BCUT2D eigenvalue weighted by Crippen LogP contribution is 2.65. The van der Waals surface area contributed by atoms with E-state index in [4.69, 9.17) is 47.6 Å². The summed E-state index contributed by atoms with van der Waals surface area (Å²) in [4.78, 5) is 74.6. The molecule has 5 aliphatic rings. The fourth-order valence-electron chi connectivity index (χ4n) is 11.9. The van der Waals surface area contributed by atoms with Gasteiger partial charge in [-0.15, -0.1) is 0 Å². The number of amides is 3. The van der Waals surface area contributed by atoms with E-state index in [0.717, 1.165) is 24.0 Å². The maximum Gasteiger partial charge on any atom is 0.481 e. The van der Waals surface area contributed by atoms with E-state index >= 15 is 9.59 Å². The molecule has 0 spiro atoms. The predicted octanol–water partition coefficient (Wildman–Crippen LogP) is 7.28. The van der Waals surface area contributed by atoms with Crippen LogP contribution in [-0.4, -0.2) is 105 Å². The third kappa shape index (κ3) is 12.0. The maximum atomic E-state index is 15.1. The number of hydrogen-bond acceptors (Lipinski definition) is 12. The van der Waals surface area contributed by atoms with Crippen LogP contribution in [0.3, 0.4) is 0 Å². The molecule has 9 atom stereocenters. The van der Waals surface area contributed by atoms with Gasteiger partial charge in [-0.2, -0.15) is 0 Å². The molecule has 0 radical (unpaired) electrons. The summed E-state index contributed by atoms with van der Waals surface area (Å²) < 4.78 is 25.7. The van der Waals surface area contributed by atoms with Crippen molar-refractivity contribution in [3.63, 3.8) is 0 Å². The lowest BCUT2D eigenvalue weighted by molar-refractivity contribution is -0.199. The quantitative estimate of drug-likeness (QED) is 0.0355. The molecule has 9 rings (SSSR count). The van der Waals surface area contributed by atoms with Crippen LogP contribution in [0.5, 0.6) is 11.5 Å². The summed E-state index contributed by atoms with van der Waals surface area (Å²) in [6, 6.07) is 23.1. The molecule has 0 unspecified atom stereocenters. The lowest BCUT2D eigenvalue weighted by Gasteiger charge is -2.64. The molecule has 75 heavy (non-hydrogen) atoms. The van der Waals surface area contributed by atoms with Gasteiger partial charge in [-0.3, -0.25) is 24.0 Å². The van der Waals surface area contributed by atoms with Gasteiger partial charge < -0.3 is 51.5 Å². The third-order valence-corrected chi connectivity index (χ3v) is 16.6. The second kappa shape index (κ2) is 23.7. The number of ketones is 2. The van der Waals surface area contributed by atoms with Crippen molar-refractivity contribution in [2.75, 3.05) is 39.9 Å². The molecular weight excluding hydrogens is 971 g/mol. The summed E-state index contributed by atoms with van der Waals surface area (Å²) in [5.41, 5.74) is 22.0. The van der Waals surface area contributed by atoms with Gasteiger partial charge in [0, 0.05) is 72.9 Å². The van der Waals surface area contributed by atoms with Gasteiger partial charge in [0.2, 0.25) is 17.7 Å². The minimum Gasteiger partial charge on any atom is -0.492 e. The highest BCUT2D eigenvalue weighted by atomic mass is 35.5. The van der Waals surface area contributed by atoms with E-state index in [0.29, 0.717) is 82.0 Å². The number of fused-ring (bicyclic) bond motifs is 5. The summed E-state index contributed by atoms with van der Waals surface area (Å²) >= 11 is 6.12. The summed E-state index contributed by atoms with van der Waals surface area (Å²) in [6.45, 7) is 11.4. The van der Waals surface area contributed by atoms with Crippen molar-refractivity contribution in [3.05, 3.63) is 107 Å². The van der Waals surface area contributed by atoms with E-state index in [1.807, 2.05) is 43.3 Å². The van der Waals surface area contributed by atoms with Crippen molar-refractivity contribution in [1.82, 2.24) is 15.5 Å². The minimum atomic E-state index is -1.21. The number of rotatable bonds is 19. The number of likely N-dealkylation sites (N-methyl/N-ethyl adjacent to an activating group) is 1. The molecule has 8 N–H and O–H groups in total. The molecular formula is C58H74BClN6O9. The number of nitrogens with one attached hydrogen (secondary N) is 2. The first kappa shape index (κ1) is 55.6. The Balaban J connectivity index is 1.11. The smallest absolute Gasteiger partial charge is 0.481 e. The van der Waals surface area contributed by atoms with Crippen molar-refractivity contribution >= 4 is 48.0 Å². The number of benzene rings is 4. The van der Waals surface area contributed by atoms with Gasteiger partial charge in [0.15, 0.2) is 11.6 Å². The second-order valence-electron chi connectivity index (χ2n) is 21.9. The number of hydrogen-bond donors (Lipinski definition) is 5. The average Bonchev–Trinajstić information content (AvgIpc) is 3.77. The molecule has 3 aliphatic carbocycles. The van der Waals surface area contributed by atoms with Crippen LogP contribution in [0.2, 0.25) is 5.02 Å². The van der Waals surface area contributed by atoms with E-state index in [9.17, 15) is 14.4 Å². The number of unbranched alkanes of at least 4 members (excludes halogenated alkanes) is 1. The van der Waals surface area contributed by atoms with Gasteiger partial charge in [0.25, 0.3) is 0 Å². The van der Waals surface area contributed by atoms with Gasteiger partial charge in [-0.25, -0.2) is 0 Å². The van der Waals surface area contributed by atoms with Gasteiger partial charge in [0.1, 0.15) is 36.8 Å². The normalized spacial score (nSPS) is 24.6. The molecule has 2 heterocycles. The molecule has 4 aromatic rings. The molecule has 400 valence electrons. The number of carbonyl (C=O) groups excluding carboxylic acids is 5. The number of ether oxygens (including phenoxy) is 2. The van der Waals surface area contributed by atoms with Crippen molar-refractivity contribution in [2.24, 2.45) is 46.3 Å². The van der Waals surface area contributed by atoms with Gasteiger partial charge >= 0.3 is 7.12 Å². The predicted molar refractivity (Wildman–Crippen MR) is 291 cm³/mol. The lowest BCUT2D eigenvalue weighted by atomic mass is 9.43. The number of carbonyl (C=O) groups is 5. The summed E-state index contributed by atoms with van der Waals surface area (Å²) in [6.07, 6.45) is 3.13. The Hall–Kier alpha value is -5.62. The zero-order valence-electron chi connectivity index (χ0n) is 44.2. The number of Topliss-reactive ketones (excluding diaryl/α,β-unsaturated/α-hetero) is 2. The zero-order valence-corrected chi connectivity index (χ0v) is 45.0. The SMILES string of the molecule is C[C@H](NC(=O)[C@@H]1Cc2ccc(OCCN)c(c2)-c2cc(ccc2OCCN)[C@H](N(C)C(=O)[C@H](CCCCN)CC(=O)c2ccc(-c3ccc(Cl)cc3)cc2)C(=O)C[C@@H](C)C(=O)N1)B1O[C@@H]2C[C@@H]3C[C@@H](C3(C)C)[C@]2(C)O1. The van der Waals surface area contributed by atoms with Crippen molar-refractivity contribution in [3.8, 4) is 33.8 Å². The largest absolute Gasteiger partial charge is 0.492 e. The van der Waals surface area contributed by atoms with E-state index in [1.165, 1.54) is 4.90 Å². The van der Waals surface area contributed by atoms with Crippen LogP contribution in [0.4, 0.5) is 0 Å². The Morgan fingerprint density at radius 3 is 2.13 bits per heavy atom. The Morgan fingerprint density at radius 2 is 1.49 bits per heavy atom. The van der Waals surface area contributed by atoms with Crippen LogP contribution in [0.15, 0.2) is 84.9 Å². The van der Waals surface area contributed by atoms with Crippen LogP contribution in [0.25, 0.3) is 22.3 Å². The highest BCUT2D eigenvalue weighted by Gasteiger charge is 2.68.